The summed E-state index contributed by atoms with van der Waals surface area (Å²) < 4.78 is 0. The molecule has 0 fully saturated rings. The molecular formula is C20H20N2S. The number of thiocarbonyl (C=S) groups is 1. The van der Waals surface area contributed by atoms with Crippen LogP contribution in [0.5, 0.6) is 0 Å². The lowest BCUT2D eigenvalue weighted by molar-refractivity contribution is 0.509. The lowest BCUT2D eigenvalue weighted by Crippen LogP contribution is -2.30. The highest BCUT2D eigenvalue weighted by Crippen LogP contribution is 2.17. The van der Waals surface area contributed by atoms with Crippen LogP contribution in [0.2, 0.25) is 0 Å². The molecule has 3 aromatic rings. The Morgan fingerprint density at radius 3 is 2.52 bits per heavy atom. The van der Waals surface area contributed by atoms with Crippen LogP contribution in [0.15, 0.2) is 66.7 Å². The van der Waals surface area contributed by atoms with Crippen LogP contribution in [0.4, 0.5) is 5.69 Å². The molecule has 0 spiro atoms. The lowest BCUT2D eigenvalue weighted by atomic mass is 10.1. The fourth-order valence-corrected chi connectivity index (χ4v) is 2.81. The van der Waals surface area contributed by atoms with Gasteiger partial charge in [-0.15, -0.1) is 0 Å². The van der Waals surface area contributed by atoms with E-state index >= 15 is 0 Å². The van der Waals surface area contributed by atoms with Gasteiger partial charge in [0, 0.05) is 19.3 Å². The van der Waals surface area contributed by atoms with Crippen molar-refractivity contribution in [3.63, 3.8) is 0 Å². The number of rotatable bonds is 3. The number of aryl methyl sites for hydroxylation is 1. The summed E-state index contributed by atoms with van der Waals surface area (Å²) in [5.74, 6) is 0. The Labute approximate surface area is 142 Å². The number of benzene rings is 3. The second-order valence-electron chi connectivity index (χ2n) is 5.84. The van der Waals surface area contributed by atoms with Crippen molar-refractivity contribution in [3.8, 4) is 0 Å². The van der Waals surface area contributed by atoms with Crippen molar-refractivity contribution in [2.24, 2.45) is 0 Å². The molecule has 0 radical (unpaired) electrons. The molecule has 0 saturated heterocycles. The van der Waals surface area contributed by atoms with E-state index in [1.807, 2.05) is 19.2 Å². The Hall–Kier alpha value is -2.39. The summed E-state index contributed by atoms with van der Waals surface area (Å²) in [6.45, 7) is 2.86. The first kappa shape index (κ1) is 15.5. The summed E-state index contributed by atoms with van der Waals surface area (Å²) in [5.41, 5.74) is 3.50. The summed E-state index contributed by atoms with van der Waals surface area (Å²) in [7, 11) is 2.01. The normalized spacial score (nSPS) is 10.5. The summed E-state index contributed by atoms with van der Waals surface area (Å²) in [6.07, 6.45) is 0. The number of nitrogens with zero attached hydrogens (tertiary/aromatic N) is 1. The van der Waals surface area contributed by atoms with Crippen molar-refractivity contribution in [2.45, 2.75) is 13.5 Å². The molecule has 2 nitrogen and oxygen atoms in total. The van der Waals surface area contributed by atoms with Crippen molar-refractivity contribution in [2.75, 3.05) is 12.4 Å². The molecule has 23 heavy (non-hydrogen) atoms. The minimum absolute atomic E-state index is 0.726. The largest absolute Gasteiger partial charge is 0.348 e. The predicted molar refractivity (Wildman–Crippen MR) is 103 cm³/mol. The first-order valence-corrected chi connectivity index (χ1v) is 8.09. The van der Waals surface area contributed by atoms with Gasteiger partial charge < -0.3 is 10.2 Å². The van der Waals surface area contributed by atoms with Crippen LogP contribution in [0.25, 0.3) is 10.8 Å². The number of hydrogen-bond acceptors (Lipinski definition) is 1. The van der Waals surface area contributed by atoms with Crippen molar-refractivity contribution in [1.82, 2.24) is 4.90 Å². The summed E-state index contributed by atoms with van der Waals surface area (Å²) in [5, 5.41) is 6.55. The second kappa shape index (κ2) is 6.80. The van der Waals surface area contributed by atoms with Gasteiger partial charge in [0.1, 0.15) is 0 Å². The molecule has 0 aromatic heterocycles. The first-order chi connectivity index (χ1) is 11.1. The average molecular weight is 320 g/mol. The van der Waals surface area contributed by atoms with Crippen molar-refractivity contribution < 1.29 is 0 Å². The topological polar surface area (TPSA) is 15.3 Å². The zero-order valence-electron chi connectivity index (χ0n) is 13.4. The van der Waals surface area contributed by atoms with E-state index in [9.17, 15) is 0 Å². The molecule has 0 amide bonds. The Morgan fingerprint density at radius 1 is 0.957 bits per heavy atom. The molecule has 0 heterocycles. The Balaban J connectivity index is 1.69. The van der Waals surface area contributed by atoms with Crippen molar-refractivity contribution in [1.29, 1.82) is 0 Å². The van der Waals surface area contributed by atoms with Gasteiger partial charge >= 0.3 is 0 Å². The molecular weight excluding hydrogens is 300 g/mol. The van der Waals surface area contributed by atoms with Gasteiger partial charge in [-0.25, -0.2) is 0 Å². The molecule has 0 unspecified atom stereocenters. The zero-order chi connectivity index (χ0) is 16.2. The maximum atomic E-state index is 5.51. The molecule has 1 N–H and O–H groups in total. The summed E-state index contributed by atoms with van der Waals surface area (Å²) in [6, 6.07) is 23.2. The van der Waals surface area contributed by atoms with Crippen LogP contribution in [-0.2, 0) is 6.54 Å². The third-order valence-corrected chi connectivity index (χ3v) is 4.26. The van der Waals surface area contributed by atoms with E-state index < -0.39 is 0 Å². The number of fused-ring (bicyclic) bond motifs is 1. The number of hydrogen-bond donors (Lipinski definition) is 1. The van der Waals surface area contributed by atoms with Crippen LogP contribution >= 0.6 is 12.2 Å². The number of anilines is 1. The van der Waals surface area contributed by atoms with Gasteiger partial charge in [-0.05, 0) is 59.2 Å². The maximum Gasteiger partial charge on any atom is 0.173 e. The fourth-order valence-electron chi connectivity index (χ4n) is 2.62. The van der Waals surface area contributed by atoms with E-state index in [4.69, 9.17) is 12.2 Å². The van der Waals surface area contributed by atoms with E-state index in [-0.39, 0.29) is 0 Å². The smallest absolute Gasteiger partial charge is 0.173 e. The Kier molecular flexibility index (Phi) is 4.58. The van der Waals surface area contributed by atoms with Gasteiger partial charge in [0.15, 0.2) is 5.11 Å². The van der Waals surface area contributed by atoms with Gasteiger partial charge in [-0.3, -0.25) is 0 Å². The lowest BCUT2D eigenvalue weighted by Gasteiger charge is -2.21. The number of nitrogens with one attached hydrogen (secondary N) is 1. The van der Waals surface area contributed by atoms with E-state index in [2.05, 4.69) is 71.7 Å². The third kappa shape index (κ3) is 3.88. The van der Waals surface area contributed by atoms with E-state index in [1.54, 1.807) is 0 Å². The zero-order valence-corrected chi connectivity index (χ0v) is 14.2. The van der Waals surface area contributed by atoms with E-state index in [1.165, 1.54) is 21.9 Å². The maximum absolute atomic E-state index is 5.51. The monoisotopic (exact) mass is 320 g/mol. The molecule has 0 atom stereocenters. The summed E-state index contributed by atoms with van der Waals surface area (Å²) >= 11 is 5.51. The average Bonchev–Trinajstić information content (AvgIpc) is 2.54. The highest BCUT2D eigenvalue weighted by molar-refractivity contribution is 7.80. The van der Waals surface area contributed by atoms with Gasteiger partial charge in [0.25, 0.3) is 0 Å². The Bertz CT molecular complexity index is 842. The van der Waals surface area contributed by atoms with Crippen LogP contribution in [0.1, 0.15) is 11.1 Å². The van der Waals surface area contributed by atoms with Gasteiger partial charge in [0.2, 0.25) is 0 Å². The molecule has 0 aliphatic rings. The summed E-state index contributed by atoms with van der Waals surface area (Å²) in [4.78, 5) is 2.06. The van der Waals surface area contributed by atoms with Crippen LogP contribution in [0.3, 0.4) is 0 Å². The van der Waals surface area contributed by atoms with Crippen LogP contribution in [0, 0.1) is 6.92 Å². The molecule has 0 aliphatic heterocycles. The Morgan fingerprint density at radius 2 is 1.74 bits per heavy atom. The molecule has 116 valence electrons. The van der Waals surface area contributed by atoms with Gasteiger partial charge in [-0.2, -0.15) is 0 Å². The third-order valence-electron chi connectivity index (χ3n) is 3.85. The van der Waals surface area contributed by atoms with E-state index in [0.29, 0.717) is 0 Å². The van der Waals surface area contributed by atoms with Gasteiger partial charge in [-0.1, -0.05) is 48.5 Å². The van der Waals surface area contributed by atoms with Gasteiger partial charge in [0.05, 0.1) is 0 Å². The van der Waals surface area contributed by atoms with Crippen molar-refractivity contribution in [3.05, 3.63) is 77.9 Å². The molecule has 0 bridgehead atoms. The van der Waals surface area contributed by atoms with Crippen LogP contribution in [-0.4, -0.2) is 17.1 Å². The van der Waals surface area contributed by atoms with E-state index in [0.717, 1.165) is 17.3 Å². The molecule has 3 aromatic carbocycles. The van der Waals surface area contributed by atoms with Crippen molar-refractivity contribution >= 4 is 33.8 Å². The first-order valence-electron chi connectivity index (χ1n) is 7.68. The highest BCUT2D eigenvalue weighted by Gasteiger charge is 2.06. The van der Waals surface area contributed by atoms with Crippen LogP contribution < -0.4 is 5.32 Å². The predicted octanol–water partition coefficient (Wildman–Crippen LogP) is 4.98. The SMILES string of the molecule is Cc1cccc(NC(=S)N(C)Cc2ccc3ccccc3c2)c1. The minimum atomic E-state index is 0.726. The minimum Gasteiger partial charge on any atom is -0.348 e. The molecule has 3 rings (SSSR count). The molecule has 3 heteroatoms. The quantitative estimate of drug-likeness (QED) is 0.685. The standard InChI is InChI=1S/C20H20N2S/c1-15-6-5-9-19(12-15)21-20(23)22(2)14-16-10-11-17-7-3-4-8-18(17)13-16/h3-13H,14H2,1-2H3,(H,21,23). The second-order valence-corrected chi connectivity index (χ2v) is 6.22. The fraction of sp³-hybridized carbons (Fsp3) is 0.150. The molecule has 0 aliphatic carbocycles. The highest BCUT2D eigenvalue weighted by atomic mass is 32.1. The molecule has 0 saturated carbocycles.